The van der Waals surface area contributed by atoms with Gasteiger partial charge in [-0.15, -0.1) is 11.3 Å². The third-order valence-corrected chi connectivity index (χ3v) is 6.46. The van der Waals surface area contributed by atoms with Gasteiger partial charge in [-0.25, -0.2) is 18.2 Å². The second-order valence-electron chi connectivity index (χ2n) is 4.56. The van der Waals surface area contributed by atoms with E-state index in [1.165, 1.54) is 16.7 Å². The molecule has 1 fully saturated rings. The number of hydrogen-bond acceptors (Lipinski definition) is 6. The SMILES string of the molecule is CC(=O)N1CCCN(S(=O)(=O)c2scnc2C(=O)O)CC1. The van der Waals surface area contributed by atoms with Gasteiger partial charge >= 0.3 is 5.97 Å². The summed E-state index contributed by atoms with van der Waals surface area (Å²) in [6.07, 6.45) is 0.514. The Morgan fingerprint density at radius 2 is 2.00 bits per heavy atom. The number of rotatable bonds is 3. The van der Waals surface area contributed by atoms with E-state index >= 15 is 0 Å². The van der Waals surface area contributed by atoms with Crippen LogP contribution in [0, 0.1) is 0 Å². The van der Waals surface area contributed by atoms with Gasteiger partial charge in [-0.3, -0.25) is 4.79 Å². The highest BCUT2D eigenvalue weighted by Crippen LogP contribution is 2.25. The van der Waals surface area contributed by atoms with Crippen LogP contribution in [0.2, 0.25) is 0 Å². The molecule has 1 amide bonds. The van der Waals surface area contributed by atoms with E-state index in [1.54, 1.807) is 4.90 Å². The second kappa shape index (κ2) is 6.08. The zero-order chi connectivity index (χ0) is 15.6. The fourth-order valence-electron chi connectivity index (χ4n) is 2.13. The third kappa shape index (κ3) is 3.22. The van der Waals surface area contributed by atoms with E-state index in [4.69, 9.17) is 5.11 Å². The first kappa shape index (κ1) is 15.9. The molecule has 0 spiro atoms. The molecule has 1 aromatic rings. The van der Waals surface area contributed by atoms with Crippen molar-refractivity contribution in [3.05, 3.63) is 11.2 Å². The first-order valence-electron chi connectivity index (χ1n) is 6.26. The van der Waals surface area contributed by atoms with Crippen molar-refractivity contribution in [3.8, 4) is 0 Å². The zero-order valence-corrected chi connectivity index (χ0v) is 13.0. The van der Waals surface area contributed by atoms with Crippen LogP contribution in [0.4, 0.5) is 0 Å². The molecule has 0 unspecified atom stereocenters. The van der Waals surface area contributed by atoms with Gasteiger partial charge in [-0.05, 0) is 6.42 Å². The number of carboxylic acid groups (broad SMARTS) is 1. The van der Waals surface area contributed by atoms with E-state index in [0.717, 1.165) is 11.3 Å². The Hall–Kier alpha value is -1.52. The minimum atomic E-state index is -3.90. The highest BCUT2D eigenvalue weighted by atomic mass is 32.2. The summed E-state index contributed by atoms with van der Waals surface area (Å²) in [5.41, 5.74) is 0.753. The van der Waals surface area contributed by atoms with Gasteiger partial charge in [0.15, 0.2) is 9.90 Å². The third-order valence-electron chi connectivity index (χ3n) is 3.21. The quantitative estimate of drug-likeness (QED) is 0.839. The van der Waals surface area contributed by atoms with Crippen LogP contribution in [-0.4, -0.2) is 65.8 Å². The first-order valence-corrected chi connectivity index (χ1v) is 8.58. The molecule has 1 aromatic heterocycles. The predicted octanol–water partition coefficient (Wildman–Crippen LogP) is 0.0842. The molecule has 0 bridgehead atoms. The van der Waals surface area contributed by atoms with Gasteiger partial charge in [0.25, 0.3) is 10.0 Å². The van der Waals surface area contributed by atoms with Crippen molar-refractivity contribution in [2.24, 2.45) is 0 Å². The van der Waals surface area contributed by atoms with Crippen molar-refractivity contribution in [2.75, 3.05) is 26.2 Å². The molecular weight excluding hydrogens is 318 g/mol. The van der Waals surface area contributed by atoms with Gasteiger partial charge in [0.1, 0.15) is 0 Å². The summed E-state index contributed by atoms with van der Waals surface area (Å²) in [5, 5.41) is 8.99. The van der Waals surface area contributed by atoms with Crippen LogP contribution < -0.4 is 0 Å². The van der Waals surface area contributed by atoms with Gasteiger partial charge in [-0.1, -0.05) is 0 Å². The number of nitrogens with zero attached hydrogens (tertiary/aromatic N) is 3. The van der Waals surface area contributed by atoms with E-state index < -0.39 is 21.7 Å². The number of carbonyl (C=O) groups excluding carboxylic acids is 1. The Kier molecular flexibility index (Phi) is 4.59. The van der Waals surface area contributed by atoms with Crippen molar-refractivity contribution in [1.29, 1.82) is 0 Å². The van der Waals surface area contributed by atoms with Crippen molar-refractivity contribution < 1.29 is 23.1 Å². The smallest absolute Gasteiger partial charge is 0.356 e. The largest absolute Gasteiger partial charge is 0.476 e. The molecule has 0 saturated carbocycles. The average Bonchev–Trinajstić information content (AvgIpc) is 2.76. The van der Waals surface area contributed by atoms with E-state index in [2.05, 4.69) is 4.98 Å². The van der Waals surface area contributed by atoms with Crippen molar-refractivity contribution >= 4 is 33.2 Å². The molecule has 0 aromatic carbocycles. The van der Waals surface area contributed by atoms with Gasteiger partial charge in [0, 0.05) is 33.1 Å². The van der Waals surface area contributed by atoms with Crippen molar-refractivity contribution in [3.63, 3.8) is 0 Å². The maximum Gasteiger partial charge on any atom is 0.356 e. The lowest BCUT2D eigenvalue weighted by Crippen LogP contribution is -2.36. The Bertz CT molecular complexity index is 655. The Morgan fingerprint density at radius 3 is 2.62 bits per heavy atom. The lowest BCUT2D eigenvalue weighted by molar-refractivity contribution is -0.128. The van der Waals surface area contributed by atoms with Crippen LogP contribution in [0.1, 0.15) is 23.8 Å². The standard InChI is InChI=1S/C11H15N3O5S2/c1-8(15)13-3-2-4-14(6-5-13)21(18,19)11-9(10(16)17)12-7-20-11/h7H,2-6H2,1H3,(H,16,17). The molecule has 116 valence electrons. The lowest BCUT2D eigenvalue weighted by Gasteiger charge is -2.20. The summed E-state index contributed by atoms with van der Waals surface area (Å²) in [4.78, 5) is 27.6. The number of thiazole rings is 1. The maximum absolute atomic E-state index is 12.5. The van der Waals surface area contributed by atoms with E-state index in [-0.39, 0.29) is 23.2 Å². The summed E-state index contributed by atoms with van der Waals surface area (Å²) in [6, 6.07) is 0. The van der Waals surface area contributed by atoms with E-state index in [9.17, 15) is 18.0 Å². The summed E-state index contributed by atoms with van der Waals surface area (Å²) in [6.45, 7) is 2.64. The molecule has 0 atom stereocenters. The summed E-state index contributed by atoms with van der Waals surface area (Å²) in [5.74, 6) is -1.46. The second-order valence-corrected chi connectivity index (χ2v) is 7.55. The molecule has 0 radical (unpaired) electrons. The number of carboxylic acids is 1. The molecule has 1 aliphatic heterocycles. The normalized spacial score (nSPS) is 17.5. The molecule has 10 heteroatoms. The number of carbonyl (C=O) groups is 2. The van der Waals surface area contributed by atoms with Crippen LogP contribution in [-0.2, 0) is 14.8 Å². The highest BCUT2D eigenvalue weighted by molar-refractivity contribution is 7.91. The summed E-state index contributed by atoms with van der Waals surface area (Å²) in [7, 11) is -3.90. The molecule has 1 N–H and O–H groups in total. The number of sulfonamides is 1. The van der Waals surface area contributed by atoms with Gasteiger partial charge in [0.05, 0.1) is 5.51 Å². The summed E-state index contributed by atoms with van der Waals surface area (Å²) >= 11 is 0.790. The molecule has 1 saturated heterocycles. The Labute approximate surface area is 126 Å². The van der Waals surface area contributed by atoms with E-state index in [0.29, 0.717) is 19.5 Å². The average molecular weight is 333 g/mol. The summed E-state index contributed by atoms with van der Waals surface area (Å²) < 4.78 is 26.0. The number of aromatic carboxylic acids is 1. The van der Waals surface area contributed by atoms with Crippen molar-refractivity contribution in [1.82, 2.24) is 14.2 Å². The molecule has 2 rings (SSSR count). The van der Waals surface area contributed by atoms with Crippen LogP contribution in [0.5, 0.6) is 0 Å². The van der Waals surface area contributed by atoms with Crippen LogP contribution in [0.3, 0.4) is 0 Å². The molecule has 0 aliphatic carbocycles. The predicted molar refractivity (Wildman–Crippen MR) is 74.7 cm³/mol. The Morgan fingerprint density at radius 1 is 1.29 bits per heavy atom. The van der Waals surface area contributed by atoms with Gasteiger partial charge < -0.3 is 10.0 Å². The molecule has 2 heterocycles. The first-order chi connectivity index (χ1) is 9.84. The van der Waals surface area contributed by atoms with E-state index in [1.807, 2.05) is 0 Å². The van der Waals surface area contributed by atoms with Crippen LogP contribution >= 0.6 is 11.3 Å². The monoisotopic (exact) mass is 333 g/mol. The fraction of sp³-hybridized carbons (Fsp3) is 0.545. The lowest BCUT2D eigenvalue weighted by atomic mass is 10.4. The highest BCUT2D eigenvalue weighted by Gasteiger charge is 2.33. The van der Waals surface area contributed by atoms with Gasteiger partial charge in [0.2, 0.25) is 5.91 Å². The number of amides is 1. The number of hydrogen-bond donors (Lipinski definition) is 1. The molecule has 8 nitrogen and oxygen atoms in total. The van der Waals surface area contributed by atoms with Crippen molar-refractivity contribution in [2.45, 2.75) is 17.6 Å². The molecule has 1 aliphatic rings. The van der Waals surface area contributed by atoms with Gasteiger partial charge in [-0.2, -0.15) is 4.31 Å². The minimum absolute atomic E-state index is 0.0988. The van der Waals surface area contributed by atoms with Crippen LogP contribution in [0.25, 0.3) is 0 Å². The molecular formula is C11H15N3O5S2. The Balaban J connectivity index is 2.26. The minimum Gasteiger partial charge on any atom is -0.476 e. The van der Waals surface area contributed by atoms with Crippen LogP contribution in [0.15, 0.2) is 9.72 Å². The fourth-order valence-corrected chi connectivity index (χ4v) is 4.87. The molecule has 21 heavy (non-hydrogen) atoms. The number of aromatic nitrogens is 1. The topological polar surface area (TPSA) is 108 Å². The zero-order valence-electron chi connectivity index (χ0n) is 11.4. The maximum atomic E-state index is 12.5.